The predicted molar refractivity (Wildman–Crippen MR) is 66.1 cm³/mol. The van der Waals surface area contributed by atoms with Gasteiger partial charge in [0.25, 0.3) is 0 Å². The smallest absolute Gasteiger partial charge is 0.0325 e. The molecule has 0 rings (SSSR count). The highest BCUT2D eigenvalue weighted by Gasteiger charge is 2.06. The molecule has 0 aromatic carbocycles. The summed E-state index contributed by atoms with van der Waals surface area (Å²) in [7, 11) is 0. The second kappa shape index (κ2) is 17.7. The molecule has 0 heteroatoms. The fourth-order valence-electron chi connectivity index (χ4n) is 0.898. The summed E-state index contributed by atoms with van der Waals surface area (Å²) in [5, 5.41) is 0. The Balaban J connectivity index is -0.000000218. The van der Waals surface area contributed by atoms with Gasteiger partial charge in [-0.3, -0.25) is 0 Å². The molecule has 0 radical (unpaired) electrons. The first-order valence-electron chi connectivity index (χ1n) is 5.83. The zero-order valence-electron chi connectivity index (χ0n) is 10.9. The van der Waals surface area contributed by atoms with E-state index in [-0.39, 0.29) is 0 Å². The molecule has 0 bridgehead atoms. The number of hydrogen-bond donors (Lipinski definition) is 0. The van der Waals surface area contributed by atoms with Crippen LogP contribution in [0.5, 0.6) is 0 Å². The minimum atomic E-state index is 0.812. The van der Waals surface area contributed by atoms with Crippen LogP contribution in [0, 0.1) is 11.8 Å². The maximum absolute atomic E-state index is 3.72. The molecule has 0 saturated carbocycles. The van der Waals surface area contributed by atoms with Crippen LogP contribution in [0.15, 0.2) is 12.7 Å². The lowest BCUT2D eigenvalue weighted by Crippen LogP contribution is -2.04. The summed E-state index contributed by atoms with van der Waals surface area (Å²) < 4.78 is 0. The van der Waals surface area contributed by atoms with E-state index in [4.69, 9.17) is 0 Å². The fraction of sp³-hybridized carbons (Fsp3) is 0.846. The summed E-state index contributed by atoms with van der Waals surface area (Å²) in [6.07, 6.45) is 4.46. The van der Waals surface area contributed by atoms with Gasteiger partial charge in [0, 0.05) is 0 Å². The molecule has 0 amide bonds. The summed E-state index contributed by atoms with van der Waals surface area (Å²) in [4.78, 5) is 0. The van der Waals surface area contributed by atoms with Gasteiger partial charge >= 0.3 is 0 Å². The monoisotopic (exact) mass is 186 g/mol. The Morgan fingerprint density at radius 1 is 1.00 bits per heavy atom. The highest BCUT2D eigenvalue weighted by Crippen LogP contribution is 2.17. The maximum atomic E-state index is 3.72. The molecule has 0 saturated heterocycles. The molecule has 2 atom stereocenters. The van der Waals surface area contributed by atoms with Crippen molar-refractivity contribution < 1.29 is 0 Å². The van der Waals surface area contributed by atoms with Crippen molar-refractivity contribution in [3.05, 3.63) is 12.7 Å². The average Bonchev–Trinajstić information content (AvgIpc) is 2.23. The van der Waals surface area contributed by atoms with Crippen LogP contribution in [-0.2, 0) is 0 Å². The molecule has 0 aliphatic heterocycles. The minimum Gasteiger partial charge on any atom is -0.103 e. The average molecular weight is 186 g/mol. The number of rotatable bonds is 4. The van der Waals surface area contributed by atoms with E-state index in [9.17, 15) is 0 Å². The highest BCUT2D eigenvalue weighted by molar-refractivity contribution is 4.72. The normalized spacial score (nSPS) is 12.5. The van der Waals surface area contributed by atoms with Crippen LogP contribution in [0.3, 0.4) is 0 Å². The summed E-state index contributed by atoms with van der Waals surface area (Å²) >= 11 is 0. The van der Waals surface area contributed by atoms with E-state index in [1.54, 1.807) is 0 Å². The zero-order valence-corrected chi connectivity index (χ0v) is 10.9. The van der Waals surface area contributed by atoms with E-state index in [0.29, 0.717) is 0 Å². The summed E-state index contributed by atoms with van der Waals surface area (Å²) in [5.74, 6) is 1.66. The standard InChI is InChI=1S/C9H18.2C2H6/c1-5-7-9(4)8(3)6-2;2*1-2/h5,8-9H,1,6-7H2,2-4H3;2*1-2H3. The second-order valence-corrected chi connectivity index (χ2v) is 2.89. The molecule has 0 spiro atoms. The second-order valence-electron chi connectivity index (χ2n) is 2.89. The lowest BCUT2D eigenvalue weighted by atomic mass is 9.91. The van der Waals surface area contributed by atoms with E-state index in [1.165, 1.54) is 6.42 Å². The number of allylic oxidation sites excluding steroid dienone is 1. The third-order valence-corrected chi connectivity index (χ3v) is 2.15. The molecule has 2 unspecified atom stereocenters. The Labute approximate surface area is 86.4 Å². The molecule has 0 aliphatic rings. The Morgan fingerprint density at radius 2 is 1.38 bits per heavy atom. The van der Waals surface area contributed by atoms with E-state index >= 15 is 0 Å². The van der Waals surface area contributed by atoms with Gasteiger partial charge in [0.15, 0.2) is 0 Å². The van der Waals surface area contributed by atoms with Crippen molar-refractivity contribution in [1.29, 1.82) is 0 Å². The summed E-state index contributed by atoms with van der Waals surface area (Å²) in [6, 6.07) is 0. The first-order valence-corrected chi connectivity index (χ1v) is 5.83. The van der Waals surface area contributed by atoms with E-state index < -0.39 is 0 Å². The first kappa shape index (κ1) is 18.5. The van der Waals surface area contributed by atoms with Crippen LogP contribution in [0.1, 0.15) is 61.3 Å². The predicted octanol–water partition coefficient (Wildman–Crippen LogP) is 5.30. The Morgan fingerprint density at radius 3 is 1.62 bits per heavy atom. The van der Waals surface area contributed by atoms with Crippen LogP contribution in [0.2, 0.25) is 0 Å². The van der Waals surface area contributed by atoms with Crippen LogP contribution in [0.25, 0.3) is 0 Å². The largest absolute Gasteiger partial charge is 0.103 e. The van der Waals surface area contributed by atoms with Crippen molar-refractivity contribution in [2.75, 3.05) is 0 Å². The lowest BCUT2D eigenvalue weighted by Gasteiger charge is -2.15. The summed E-state index contributed by atoms with van der Waals surface area (Å²) in [6.45, 7) is 18.5. The van der Waals surface area contributed by atoms with Crippen LogP contribution in [0.4, 0.5) is 0 Å². The van der Waals surface area contributed by atoms with Gasteiger partial charge in [0.1, 0.15) is 0 Å². The van der Waals surface area contributed by atoms with E-state index in [0.717, 1.165) is 18.3 Å². The van der Waals surface area contributed by atoms with Crippen molar-refractivity contribution in [3.63, 3.8) is 0 Å². The van der Waals surface area contributed by atoms with Gasteiger partial charge in [-0.1, -0.05) is 61.0 Å². The van der Waals surface area contributed by atoms with E-state index in [1.807, 2.05) is 33.8 Å². The first-order chi connectivity index (χ1) is 6.22. The molecular weight excluding hydrogens is 156 g/mol. The fourth-order valence-corrected chi connectivity index (χ4v) is 0.898. The third kappa shape index (κ3) is 14.6. The molecule has 0 aromatic rings. The van der Waals surface area contributed by atoms with Crippen molar-refractivity contribution in [1.82, 2.24) is 0 Å². The minimum absolute atomic E-state index is 0.812. The van der Waals surface area contributed by atoms with Crippen molar-refractivity contribution in [3.8, 4) is 0 Å². The number of hydrogen-bond acceptors (Lipinski definition) is 0. The van der Waals surface area contributed by atoms with Gasteiger partial charge in [-0.2, -0.15) is 0 Å². The summed E-state index contributed by atoms with van der Waals surface area (Å²) in [5.41, 5.74) is 0. The van der Waals surface area contributed by atoms with Crippen molar-refractivity contribution >= 4 is 0 Å². The van der Waals surface area contributed by atoms with Gasteiger partial charge < -0.3 is 0 Å². The topological polar surface area (TPSA) is 0 Å². The third-order valence-electron chi connectivity index (χ3n) is 2.15. The van der Waals surface area contributed by atoms with Crippen LogP contribution < -0.4 is 0 Å². The van der Waals surface area contributed by atoms with E-state index in [2.05, 4.69) is 27.4 Å². The molecule has 0 nitrogen and oxygen atoms in total. The van der Waals surface area contributed by atoms with Crippen molar-refractivity contribution in [2.24, 2.45) is 11.8 Å². The molecule has 82 valence electrons. The van der Waals surface area contributed by atoms with Crippen molar-refractivity contribution in [2.45, 2.75) is 61.3 Å². The molecule has 0 aromatic heterocycles. The van der Waals surface area contributed by atoms with Gasteiger partial charge in [0.2, 0.25) is 0 Å². The van der Waals surface area contributed by atoms with Gasteiger partial charge in [-0.15, -0.1) is 6.58 Å². The molecule has 0 aliphatic carbocycles. The maximum Gasteiger partial charge on any atom is -0.0325 e. The zero-order chi connectivity index (χ0) is 11.3. The highest BCUT2D eigenvalue weighted by atomic mass is 14.1. The molecular formula is C13H30. The Bertz CT molecular complexity index is 74.1. The molecule has 0 fully saturated rings. The van der Waals surface area contributed by atoms with Gasteiger partial charge in [-0.25, -0.2) is 0 Å². The van der Waals surface area contributed by atoms with Gasteiger partial charge in [0.05, 0.1) is 0 Å². The van der Waals surface area contributed by atoms with Crippen LogP contribution in [-0.4, -0.2) is 0 Å². The quantitative estimate of drug-likeness (QED) is 0.523. The molecule has 0 heterocycles. The lowest BCUT2D eigenvalue weighted by molar-refractivity contribution is 0.381. The SMILES string of the molecule is C=CCC(C)C(C)CC.CC.CC. The molecule has 13 heavy (non-hydrogen) atoms. The molecule has 0 N–H and O–H groups in total. The Kier molecular flexibility index (Phi) is 25.2. The van der Waals surface area contributed by atoms with Crippen LogP contribution >= 0.6 is 0 Å². The van der Waals surface area contributed by atoms with Gasteiger partial charge in [-0.05, 0) is 18.3 Å². The Hall–Kier alpha value is -0.260.